The van der Waals surface area contributed by atoms with E-state index in [1.54, 1.807) is 49.6 Å². The van der Waals surface area contributed by atoms with Gasteiger partial charge in [0.25, 0.3) is 5.91 Å². The molecule has 0 saturated carbocycles. The number of aromatic nitrogens is 3. The lowest BCUT2D eigenvalue weighted by molar-refractivity contribution is -0.142. The highest BCUT2D eigenvalue weighted by Crippen LogP contribution is 2.21. The summed E-state index contributed by atoms with van der Waals surface area (Å²) in [6.45, 7) is 7.10. The molecule has 7 atom stereocenters. The number of thiol groups is 1. The van der Waals surface area contributed by atoms with Crippen LogP contribution in [0.2, 0.25) is 0 Å². The van der Waals surface area contributed by atoms with Gasteiger partial charge in [0, 0.05) is 30.6 Å². The van der Waals surface area contributed by atoms with Gasteiger partial charge in [0.15, 0.2) is 5.82 Å². The molecule has 1 aliphatic rings. The topological polar surface area (TPSA) is 280 Å². The summed E-state index contributed by atoms with van der Waals surface area (Å²) < 4.78 is 4.72. The largest absolute Gasteiger partial charge is 0.469 e. The Bertz CT molecular complexity index is 1990. The van der Waals surface area contributed by atoms with Crippen LogP contribution in [0.1, 0.15) is 88.8 Å². The molecule has 1 aliphatic heterocycles. The van der Waals surface area contributed by atoms with Gasteiger partial charge in [0.1, 0.15) is 36.3 Å². The molecule has 0 unspecified atom stereocenters. The lowest BCUT2D eigenvalue weighted by Gasteiger charge is -2.31. The van der Waals surface area contributed by atoms with Gasteiger partial charge < -0.3 is 51.9 Å². The van der Waals surface area contributed by atoms with Crippen molar-refractivity contribution in [2.45, 2.75) is 121 Å². The van der Waals surface area contributed by atoms with Crippen molar-refractivity contribution in [3.8, 4) is 0 Å². The Morgan fingerprint density at radius 3 is 2.25 bits per heavy atom. The van der Waals surface area contributed by atoms with Crippen molar-refractivity contribution >= 4 is 71.0 Å². The molecule has 9 N–H and O–H groups in total. The van der Waals surface area contributed by atoms with E-state index >= 15 is 0 Å². The zero-order valence-corrected chi connectivity index (χ0v) is 36.0. The van der Waals surface area contributed by atoms with Gasteiger partial charge in [-0.2, -0.15) is 12.6 Å². The van der Waals surface area contributed by atoms with Crippen LogP contribution in [0.15, 0.2) is 42.7 Å². The van der Waals surface area contributed by atoms with Gasteiger partial charge in [-0.3, -0.25) is 38.4 Å². The van der Waals surface area contributed by atoms with Crippen molar-refractivity contribution < 1.29 is 43.1 Å². The van der Waals surface area contributed by atoms with Crippen LogP contribution in [0.25, 0.3) is 11.0 Å². The number of carbonyl (C=O) groups excluding carboxylic acids is 8. The van der Waals surface area contributed by atoms with E-state index in [0.29, 0.717) is 23.9 Å². The minimum Gasteiger partial charge on any atom is -0.469 e. The molecule has 61 heavy (non-hydrogen) atoms. The number of aromatic amines is 2. The summed E-state index contributed by atoms with van der Waals surface area (Å²) in [4.78, 5) is 117. The highest BCUT2D eigenvalue weighted by molar-refractivity contribution is 7.81. The SMILES string of the molecule is CC[C@H](NC(=O)[C@H](CC[C@H](S)CC(=O)OC)NC(=O)c1nc2ccccc2[nH]1)C(=O)N[C@@H](C)C(=O)N[C@@H](CC(C)C)C(=O)N1CCC[C@H]1C(=O)N[C@@H](Cc1cc[nH]c1)C(N)=O. The first kappa shape index (κ1) is 47.8. The number of hydrogen-bond donors (Lipinski definition) is 9. The van der Waals surface area contributed by atoms with Crippen LogP contribution in [-0.4, -0.2) is 122 Å². The van der Waals surface area contributed by atoms with Crippen LogP contribution < -0.4 is 32.3 Å². The maximum absolute atomic E-state index is 14.0. The van der Waals surface area contributed by atoms with Gasteiger partial charge in [-0.1, -0.05) is 32.9 Å². The number of carbonyl (C=O) groups is 8. The quantitative estimate of drug-likeness (QED) is 0.0505. The lowest BCUT2D eigenvalue weighted by atomic mass is 10.0. The number of hydrogen-bond acceptors (Lipinski definition) is 11. The predicted molar refractivity (Wildman–Crippen MR) is 228 cm³/mol. The standard InChI is InChI=1S/C41H58N10O9S/c1-6-26(47-38(56)29(14-13-25(61)20-33(52)60-5)48-40(58)35-45-27-10-7-8-11-28(27)46-35)37(55)44-23(4)36(54)50-31(18-22(2)3)41(59)51-17-9-12-32(51)39(57)49-30(34(42)53)19-24-15-16-43-21-24/h7-8,10-11,15-16,21-23,25-26,29-32,43,61H,6,9,12-14,17-20H2,1-5H3,(H2,42,53)(H,44,55)(H,45,46)(H,47,56)(H,48,58)(H,49,57)(H,50,54)/t23-,25-,26-,29-,30-,31-,32-/m0/s1. The van der Waals surface area contributed by atoms with Crippen molar-refractivity contribution in [1.82, 2.24) is 46.4 Å². The van der Waals surface area contributed by atoms with Crippen LogP contribution in [0.3, 0.4) is 0 Å². The van der Waals surface area contributed by atoms with Crippen molar-refractivity contribution in [1.29, 1.82) is 0 Å². The minimum absolute atomic E-state index is 0.0291. The number of methoxy groups -OCH3 is 1. The van der Waals surface area contributed by atoms with Gasteiger partial charge in [0.05, 0.1) is 24.6 Å². The summed E-state index contributed by atoms with van der Waals surface area (Å²) in [7, 11) is 1.25. The van der Waals surface area contributed by atoms with Crippen molar-refractivity contribution in [3.63, 3.8) is 0 Å². The molecule has 2 aromatic heterocycles. The molecule has 19 nitrogen and oxygen atoms in total. The maximum atomic E-state index is 14.0. The van der Waals surface area contributed by atoms with Gasteiger partial charge in [0.2, 0.25) is 35.4 Å². The number of nitrogens with zero attached hydrogens (tertiary/aromatic N) is 2. The first-order valence-corrected chi connectivity index (χ1v) is 21.0. The predicted octanol–water partition coefficient (Wildman–Crippen LogP) is 0.765. The highest BCUT2D eigenvalue weighted by atomic mass is 32.1. The highest BCUT2D eigenvalue weighted by Gasteiger charge is 2.39. The van der Waals surface area contributed by atoms with Crippen molar-refractivity contribution in [2.75, 3.05) is 13.7 Å². The van der Waals surface area contributed by atoms with E-state index in [4.69, 9.17) is 10.5 Å². The minimum atomic E-state index is -1.17. The Morgan fingerprint density at radius 1 is 0.902 bits per heavy atom. The molecule has 4 rings (SSSR count). The molecule has 20 heteroatoms. The molecule has 0 bridgehead atoms. The second kappa shape index (κ2) is 22.6. The van der Waals surface area contributed by atoms with Crippen LogP contribution in [0, 0.1) is 5.92 Å². The number of nitrogens with two attached hydrogens (primary N) is 1. The van der Waals surface area contributed by atoms with Crippen molar-refractivity contribution in [3.05, 3.63) is 54.1 Å². The fourth-order valence-corrected chi connectivity index (χ4v) is 7.30. The second-order valence-corrected chi connectivity index (χ2v) is 16.3. The Kier molecular flexibility index (Phi) is 17.7. The molecular weight excluding hydrogens is 809 g/mol. The molecule has 1 saturated heterocycles. The molecule has 3 heterocycles. The smallest absolute Gasteiger partial charge is 0.306 e. The third-order valence-corrected chi connectivity index (χ3v) is 10.8. The van der Waals surface area contributed by atoms with Gasteiger partial charge >= 0.3 is 5.97 Å². The van der Waals surface area contributed by atoms with Crippen LogP contribution in [0.5, 0.6) is 0 Å². The number of ether oxygens (including phenoxy) is 1. The van der Waals surface area contributed by atoms with E-state index in [9.17, 15) is 38.4 Å². The molecule has 7 amide bonds. The molecule has 1 aromatic carbocycles. The average Bonchev–Trinajstić information content (AvgIpc) is 4.02. The molecule has 3 aromatic rings. The first-order valence-electron chi connectivity index (χ1n) is 20.4. The Labute approximate surface area is 359 Å². The average molecular weight is 867 g/mol. The van der Waals surface area contributed by atoms with E-state index in [1.807, 2.05) is 13.8 Å². The van der Waals surface area contributed by atoms with Crippen LogP contribution in [0.4, 0.5) is 0 Å². The van der Waals surface area contributed by atoms with Gasteiger partial charge in [-0.05, 0) is 75.1 Å². The number of para-hydroxylation sites is 2. The van der Waals surface area contributed by atoms with E-state index in [-0.39, 0.29) is 56.8 Å². The van der Waals surface area contributed by atoms with Gasteiger partial charge in [-0.25, -0.2) is 4.98 Å². The Balaban J connectivity index is 1.40. The zero-order valence-electron chi connectivity index (χ0n) is 35.1. The molecule has 1 fully saturated rings. The fourth-order valence-electron chi connectivity index (χ4n) is 7.00. The molecular formula is C41H58N10O9S. The number of nitrogens with one attached hydrogen (secondary N) is 7. The lowest BCUT2D eigenvalue weighted by Crippen LogP contribution is -2.59. The summed E-state index contributed by atoms with van der Waals surface area (Å²) in [6.07, 6.45) is 4.99. The maximum Gasteiger partial charge on any atom is 0.306 e. The number of amides is 7. The number of primary amides is 1. The summed E-state index contributed by atoms with van der Waals surface area (Å²) in [5.74, 6) is -5.03. The third kappa shape index (κ3) is 13.8. The van der Waals surface area contributed by atoms with E-state index < -0.39 is 88.8 Å². The Hall–Kier alpha value is -5.92. The molecule has 332 valence electrons. The number of H-pyrrole nitrogens is 2. The summed E-state index contributed by atoms with van der Waals surface area (Å²) >= 11 is 4.44. The van der Waals surface area contributed by atoms with Crippen LogP contribution >= 0.6 is 12.6 Å². The van der Waals surface area contributed by atoms with E-state index in [0.717, 1.165) is 5.56 Å². The number of fused-ring (bicyclic) bond motifs is 1. The van der Waals surface area contributed by atoms with E-state index in [1.165, 1.54) is 18.9 Å². The molecule has 0 aliphatic carbocycles. The van der Waals surface area contributed by atoms with Crippen molar-refractivity contribution in [2.24, 2.45) is 11.7 Å². The first-order chi connectivity index (χ1) is 29.0. The summed E-state index contributed by atoms with van der Waals surface area (Å²) in [6, 6.07) is 2.38. The molecule has 0 spiro atoms. The third-order valence-electron chi connectivity index (χ3n) is 10.4. The van der Waals surface area contributed by atoms with Gasteiger partial charge in [-0.15, -0.1) is 0 Å². The second-order valence-electron chi connectivity index (χ2n) is 15.6. The number of likely N-dealkylation sites (tertiary alicyclic amines) is 1. The fraction of sp³-hybridized carbons (Fsp3) is 0.537. The number of benzene rings is 1. The van der Waals surface area contributed by atoms with Crippen LogP contribution in [-0.2, 0) is 44.7 Å². The normalized spacial score (nSPS) is 16.7. The summed E-state index contributed by atoms with van der Waals surface area (Å²) in [5, 5.41) is 12.9. The number of imidazole rings is 1. The Morgan fingerprint density at radius 2 is 1.61 bits per heavy atom. The molecule has 0 radical (unpaired) electrons. The van der Waals surface area contributed by atoms with E-state index in [2.05, 4.69) is 54.2 Å². The summed E-state index contributed by atoms with van der Waals surface area (Å²) in [5.41, 5.74) is 7.52. The number of esters is 1. The number of rotatable bonds is 22. The monoisotopic (exact) mass is 866 g/mol. The zero-order chi connectivity index (χ0) is 44.8.